The molecule has 0 saturated heterocycles. The highest BCUT2D eigenvalue weighted by atomic mass is 127. The summed E-state index contributed by atoms with van der Waals surface area (Å²) in [6.07, 6.45) is 0. The maximum atomic E-state index is 12.9. The standard InChI is InChI=1S/C9H7FINO/c1-4-8-6(9(13)12-4)2-5(10)3-7(8)11/h2-4H,1H3,(H,12,13)/t4-/m1/s1. The highest BCUT2D eigenvalue weighted by Crippen LogP contribution is 2.30. The molecule has 2 nitrogen and oxygen atoms in total. The van der Waals surface area contributed by atoms with E-state index in [0.29, 0.717) is 5.56 Å². The number of benzene rings is 1. The Labute approximate surface area is 88.7 Å². The SMILES string of the molecule is C[C@H]1NC(=O)c2cc(F)cc(I)c21. The summed E-state index contributed by atoms with van der Waals surface area (Å²) in [5.74, 6) is -0.535. The zero-order valence-corrected chi connectivity index (χ0v) is 9.05. The van der Waals surface area contributed by atoms with E-state index in [1.807, 2.05) is 29.5 Å². The lowest BCUT2D eigenvalue weighted by atomic mass is 10.1. The van der Waals surface area contributed by atoms with Crippen molar-refractivity contribution in [3.05, 3.63) is 32.6 Å². The lowest BCUT2D eigenvalue weighted by Crippen LogP contribution is -2.16. The first kappa shape index (κ1) is 8.93. The van der Waals surface area contributed by atoms with Crippen LogP contribution in [-0.4, -0.2) is 5.91 Å². The van der Waals surface area contributed by atoms with Gasteiger partial charge in [0, 0.05) is 14.7 Å². The van der Waals surface area contributed by atoms with Gasteiger partial charge in [-0.2, -0.15) is 0 Å². The fraction of sp³-hybridized carbons (Fsp3) is 0.222. The first-order chi connectivity index (χ1) is 6.09. The molecule has 0 saturated carbocycles. The van der Waals surface area contributed by atoms with Gasteiger partial charge in [0.05, 0.1) is 6.04 Å². The topological polar surface area (TPSA) is 29.1 Å². The second-order valence-corrected chi connectivity index (χ2v) is 4.21. The maximum Gasteiger partial charge on any atom is 0.252 e. The fourth-order valence-corrected chi connectivity index (χ4v) is 2.61. The zero-order valence-electron chi connectivity index (χ0n) is 6.90. The molecule has 1 N–H and O–H groups in total. The minimum absolute atomic E-state index is 0.00463. The van der Waals surface area contributed by atoms with Crippen molar-refractivity contribution in [1.29, 1.82) is 0 Å². The molecule has 0 aliphatic carbocycles. The van der Waals surface area contributed by atoms with Crippen LogP contribution >= 0.6 is 22.6 Å². The number of carbonyl (C=O) groups is 1. The lowest BCUT2D eigenvalue weighted by Gasteiger charge is -2.05. The molecule has 0 radical (unpaired) electrons. The molecule has 13 heavy (non-hydrogen) atoms. The van der Waals surface area contributed by atoms with Crippen LogP contribution in [0.5, 0.6) is 0 Å². The third kappa shape index (κ3) is 1.33. The Balaban J connectivity index is 2.69. The first-order valence-electron chi connectivity index (χ1n) is 3.89. The highest BCUT2D eigenvalue weighted by molar-refractivity contribution is 14.1. The van der Waals surface area contributed by atoms with Crippen molar-refractivity contribution in [2.45, 2.75) is 13.0 Å². The van der Waals surface area contributed by atoms with Crippen molar-refractivity contribution in [2.24, 2.45) is 0 Å². The summed E-state index contributed by atoms with van der Waals surface area (Å²) < 4.78 is 13.7. The van der Waals surface area contributed by atoms with E-state index in [-0.39, 0.29) is 17.8 Å². The van der Waals surface area contributed by atoms with Crippen LogP contribution in [0.4, 0.5) is 4.39 Å². The normalized spacial score (nSPS) is 19.9. The predicted molar refractivity (Wildman–Crippen MR) is 55.0 cm³/mol. The molecule has 0 unspecified atom stereocenters. The van der Waals surface area contributed by atoms with Crippen molar-refractivity contribution in [2.75, 3.05) is 0 Å². The van der Waals surface area contributed by atoms with Crippen LogP contribution < -0.4 is 5.32 Å². The van der Waals surface area contributed by atoms with Crippen LogP contribution in [0.25, 0.3) is 0 Å². The molecule has 4 heteroatoms. The van der Waals surface area contributed by atoms with Gasteiger partial charge < -0.3 is 5.32 Å². The summed E-state index contributed by atoms with van der Waals surface area (Å²) >= 11 is 2.04. The number of halogens is 2. The molecule has 0 bridgehead atoms. The molecule has 2 rings (SSSR count). The minimum Gasteiger partial charge on any atom is -0.345 e. The molecular weight excluding hydrogens is 284 g/mol. The number of amides is 1. The zero-order chi connectivity index (χ0) is 9.59. The Bertz CT molecular complexity index is 391. The van der Waals surface area contributed by atoms with Gasteiger partial charge in [-0.05, 0) is 41.6 Å². The quantitative estimate of drug-likeness (QED) is 0.730. The van der Waals surface area contributed by atoms with Gasteiger partial charge in [-0.3, -0.25) is 4.79 Å². The van der Waals surface area contributed by atoms with Gasteiger partial charge in [0.2, 0.25) is 0 Å². The molecular formula is C9H7FINO. The Kier molecular flexibility index (Phi) is 2.02. The van der Waals surface area contributed by atoms with Crippen LogP contribution in [0.15, 0.2) is 12.1 Å². The Hall–Kier alpha value is -0.650. The second kappa shape index (κ2) is 2.94. The first-order valence-corrected chi connectivity index (χ1v) is 4.97. The summed E-state index contributed by atoms with van der Waals surface area (Å²) in [5.41, 5.74) is 1.38. The van der Waals surface area contributed by atoms with E-state index >= 15 is 0 Å². The smallest absolute Gasteiger partial charge is 0.252 e. The van der Waals surface area contributed by atoms with Crippen molar-refractivity contribution >= 4 is 28.5 Å². The third-order valence-electron chi connectivity index (χ3n) is 2.12. The van der Waals surface area contributed by atoms with Crippen LogP contribution in [0.1, 0.15) is 28.9 Å². The number of hydrogen-bond donors (Lipinski definition) is 1. The summed E-state index contributed by atoms with van der Waals surface area (Å²) in [7, 11) is 0. The van der Waals surface area contributed by atoms with Crippen LogP contribution in [0.3, 0.4) is 0 Å². The Morgan fingerprint density at radius 2 is 2.23 bits per heavy atom. The Morgan fingerprint density at radius 1 is 1.54 bits per heavy atom. The van der Waals surface area contributed by atoms with E-state index in [9.17, 15) is 9.18 Å². The summed E-state index contributed by atoms with van der Waals surface area (Å²) in [6.45, 7) is 1.89. The van der Waals surface area contributed by atoms with Crippen molar-refractivity contribution in [1.82, 2.24) is 5.32 Å². The number of rotatable bonds is 0. The van der Waals surface area contributed by atoms with Gasteiger partial charge in [0.25, 0.3) is 5.91 Å². The molecule has 0 aromatic heterocycles. The third-order valence-corrected chi connectivity index (χ3v) is 3.01. The predicted octanol–water partition coefficient (Wildman–Crippen LogP) is 2.23. The molecule has 1 atom stereocenters. The Morgan fingerprint density at radius 3 is 2.92 bits per heavy atom. The molecule has 68 valence electrons. The molecule has 0 fully saturated rings. The van der Waals surface area contributed by atoms with Gasteiger partial charge >= 0.3 is 0 Å². The van der Waals surface area contributed by atoms with E-state index in [1.54, 1.807) is 0 Å². The van der Waals surface area contributed by atoms with E-state index in [4.69, 9.17) is 0 Å². The largest absolute Gasteiger partial charge is 0.345 e. The minimum atomic E-state index is -0.354. The molecule has 0 spiro atoms. The molecule has 1 aromatic carbocycles. The molecule has 1 aliphatic rings. The highest BCUT2D eigenvalue weighted by Gasteiger charge is 2.27. The summed E-state index contributed by atoms with van der Waals surface area (Å²) in [6, 6.07) is 2.72. The van der Waals surface area contributed by atoms with Gasteiger partial charge in [-0.15, -0.1) is 0 Å². The summed E-state index contributed by atoms with van der Waals surface area (Å²) in [5, 5.41) is 2.74. The maximum absolute atomic E-state index is 12.9. The molecule has 1 aliphatic heterocycles. The number of nitrogens with one attached hydrogen (secondary N) is 1. The molecule has 1 aromatic rings. The lowest BCUT2D eigenvalue weighted by molar-refractivity contribution is 0.0958. The van der Waals surface area contributed by atoms with Gasteiger partial charge in [-0.1, -0.05) is 0 Å². The molecule has 1 heterocycles. The van der Waals surface area contributed by atoms with Gasteiger partial charge in [-0.25, -0.2) is 4.39 Å². The van der Waals surface area contributed by atoms with Crippen LogP contribution in [-0.2, 0) is 0 Å². The number of fused-ring (bicyclic) bond motifs is 1. The van der Waals surface area contributed by atoms with Crippen molar-refractivity contribution in [3.63, 3.8) is 0 Å². The van der Waals surface area contributed by atoms with E-state index in [0.717, 1.165) is 9.13 Å². The van der Waals surface area contributed by atoms with Crippen LogP contribution in [0.2, 0.25) is 0 Å². The average Bonchev–Trinajstić information content (AvgIpc) is 2.27. The monoisotopic (exact) mass is 291 g/mol. The summed E-state index contributed by atoms with van der Waals surface area (Å²) in [4.78, 5) is 11.3. The molecule has 1 amide bonds. The second-order valence-electron chi connectivity index (χ2n) is 3.04. The van der Waals surface area contributed by atoms with Gasteiger partial charge in [0.1, 0.15) is 5.82 Å². The van der Waals surface area contributed by atoms with E-state index < -0.39 is 0 Å². The van der Waals surface area contributed by atoms with E-state index in [1.165, 1.54) is 12.1 Å². The van der Waals surface area contributed by atoms with Crippen LogP contribution in [0, 0.1) is 9.39 Å². The average molecular weight is 291 g/mol. The fourth-order valence-electron chi connectivity index (χ4n) is 1.56. The van der Waals surface area contributed by atoms with Gasteiger partial charge in [0.15, 0.2) is 0 Å². The van der Waals surface area contributed by atoms with E-state index in [2.05, 4.69) is 5.32 Å². The van der Waals surface area contributed by atoms with Crippen molar-refractivity contribution < 1.29 is 9.18 Å². The van der Waals surface area contributed by atoms with Crippen molar-refractivity contribution in [3.8, 4) is 0 Å². The number of carbonyl (C=O) groups excluding carboxylic acids is 1. The number of hydrogen-bond acceptors (Lipinski definition) is 1.